The molecule has 1 amide bonds. The van der Waals surface area contributed by atoms with Crippen LogP contribution in [0, 0.1) is 6.92 Å². The Balaban J connectivity index is 1.76. The lowest BCUT2D eigenvalue weighted by atomic mass is 10.1. The Morgan fingerprint density at radius 3 is 2.07 bits per heavy atom. The van der Waals surface area contributed by atoms with Crippen LogP contribution in [0.2, 0.25) is 0 Å². The van der Waals surface area contributed by atoms with Gasteiger partial charge < -0.3 is 10.2 Å². The van der Waals surface area contributed by atoms with Crippen molar-refractivity contribution in [3.63, 3.8) is 0 Å². The molecule has 0 atom stereocenters. The Kier molecular flexibility index (Phi) is 6.12. The molecule has 0 aliphatic rings. The molecule has 0 aliphatic heterocycles. The third-order valence-electron chi connectivity index (χ3n) is 4.83. The Hall–Kier alpha value is -3.32. The van der Waals surface area contributed by atoms with Crippen molar-refractivity contribution in [3.8, 4) is 0 Å². The van der Waals surface area contributed by atoms with Gasteiger partial charge in [0.05, 0.1) is 10.6 Å². The first kappa shape index (κ1) is 21.4. The van der Waals surface area contributed by atoms with E-state index in [1.807, 2.05) is 50.2 Å². The molecule has 0 bridgehead atoms. The van der Waals surface area contributed by atoms with Gasteiger partial charge in [-0.1, -0.05) is 18.2 Å². The molecule has 3 rings (SSSR count). The maximum Gasteiger partial charge on any atom is 0.264 e. The Morgan fingerprint density at radius 1 is 0.867 bits per heavy atom. The zero-order chi connectivity index (χ0) is 21.9. The number of carbonyl (C=O) groups is 1. The molecule has 1 N–H and O–H groups in total. The summed E-state index contributed by atoms with van der Waals surface area (Å²) in [5.74, 6) is -0.299. The van der Waals surface area contributed by atoms with Gasteiger partial charge in [-0.3, -0.25) is 9.10 Å². The van der Waals surface area contributed by atoms with Crippen molar-refractivity contribution in [1.82, 2.24) is 0 Å². The smallest absolute Gasteiger partial charge is 0.264 e. The molecule has 0 saturated heterocycles. The SMILES string of the molecule is Cc1cc(NC(=O)c2ccc(S(=O)(=O)N(C)c3ccccc3)cc2)ccc1N(C)C. The highest BCUT2D eigenvalue weighted by molar-refractivity contribution is 7.92. The van der Waals surface area contributed by atoms with Crippen LogP contribution in [0.5, 0.6) is 0 Å². The zero-order valence-corrected chi connectivity index (χ0v) is 18.3. The number of para-hydroxylation sites is 1. The summed E-state index contributed by atoms with van der Waals surface area (Å²) in [6, 6.07) is 20.5. The molecule has 0 aliphatic carbocycles. The lowest BCUT2D eigenvalue weighted by Crippen LogP contribution is -2.26. The summed E-state index contributed by atoms with van der Waals surface area (Å²) in [5, 5.41) is 2.85. The number of hydrogen-bond acceptors (Lipinski definition) is 4. The van der Waals surface area contributed by atoms with E-state index in [1.54, 1.807) is 24.3 Å². The highest BCUT2D eigenvalue weighted by Gasteiger charge is 2.21. The van der Waals surface area contributed by atoms with Gasteiger partial charge in [-0.2, -0.15) is 0 Å². The minimum atomic E-state index is -3.71. The van der Waals surface area contributed by atoms with E-state index in [0.717, 1.165) is 11.3 Å². The minimum absolute atomic E-state index is 0.122. The van der Waals surface area contributed by atoms with Gasteiger partial charge in [-0.15, -0.1) is 0 Å². The van der Waals surface area contributed by atoms with E-state index in [4.69, 9.17) is 0 Å². The third kappa shape index (κ3) is 4.46. The van der Waals surface area contributed by atoms with Crippen LogP contribution in [-0.2, 0) is 10.0 Å². The van der Waals surface area contributed by atoms with E-state index in [-0.39, 0.29) is 10.8 Å². The molecular weight excluding hydrogens is 398 g/mol. The summed E-state index contributed by atoms with van der Waals surface area (Å²) in [4.78, 5) is 14.7. The summed E-state index contributed by atoms with van der Waals surface area (Å²) in [7, 11) is 1.72. The lowest BCUT2D eigenvalue weighted by Gasteiger charge is -2.19. The molecule has 0 fully saturated rings. The van der Waals surface area contributed by atoms with Gasteiger partial charge in [0.2, 0.25) is 0 Å². The zero-order valence-electron chi connectivity index (χ0n) is 17.5. The molecule has 0 heterocycles. The van der Waals surface area contributed by atoms with Crippen molar-refractivity contribution in [3.05, 3.63) is 83.9 Å². The average Bonchev–Trinajstić information content (AvgIpc) is 2.73. The number of nitrogens with zero attached hydrogens (tertiary/aromatic N) is 2. The maximum absolute atomic E-state index is 12.9. The molecule has 0 spiro atoms. The summed E-state index contributed by atoms with van der Waals surface area (Å²) < 4.78 is 26.9. The highest BCUT2D eigenvalue weighted by atomic mass is 32.2. The van der Waals surface area contributed by atoms with Gasteiger partial charge in [0.1, 0.15) is 0 Å². The number of hydrogen-bond donors (Lipinski definition) is 1. The van der Waals surface area contributed by atoms with Gasteiger partial charge in [-0.25, -0.2) is 8.42 Å². The molecular formula is C23H25N3O3S. The van der Waals surface area contributed by atoms with Crippen molar-refractivity contribution in [2.45, 2.75) is 11.8 Å². The number of anilines is 3. The Labute approximate surface area is 177 Å². The monoisotopic (exact) mass is 423 g/mol. The van der Waals surface area contributed by atoms with E-state index in [2.05, 4.69) is 5.32 Å². The number of nitrogens with one attached hydrogen (secondary N) is 1. The Bertz CT molecular complexity index is 1140. The van der Waals surface area contributed by atoms with Crippen molar-refractivity contribution in [1.29, 1.82) is 0 Å². The maximum atomic E-state index is 12.9. The number of amides is 1. The van der Waals surface area contributed by atoms with Crippen LogP contribution in [0.4, 0.5) is 17.1 Å². The predicted molar refractivity (Wildman–Crippen MR) is 122 cm³/mol. The van der Waals surface area contributed by atoms with Crippen LogP contribution in [0.15, 0.2) is 77.7 Å². The van der Waals surface area contributed by atoms with Crippen LogP contribution in [0.3, 0.4) is 0 Å². The fourth-order valence-electron chi connectivity index (χ4n) is 3.15. The van der Waals surface area contributed by atoms with E-state index < -0.39 is 10.0 Å². The van der Waals surface area contributed by atoms with E-state index >= 15 is 0 Å². The summed E-state index contributed by atoms with van der Waals surface area (Å²) in [5.41, 5.74) is 3.75. The molecule has 7 heteroatoms. The molecule has 3 aromatic rings. The van der Waals surface area contributed by atoms with Crippen molar-refractivity contribution < 1.29 is 13.2 Å². The average molecular weight is 424 g/mol. The minimum Gasteiger partial charge on any atom is -0.377 e. The van der Waals surface area contributed by atoms with Crippen LogP contribution in [0.1, 0.15) is 15.9 Å². The van der Waals surface area contributed by atoms with Crippen molar-refractivity contribution >= 4 is 33.0 Å². The van der Waals surface area contributed by atoms with Crippen LogP contribution < -0.4 is 14.5 Å². The van der Waals surface area contributed by atoms with Crippen LogP contribution in [0.25, 0.3) is 0 Å². The van der Waals surface area contributed by atoms with E-state index in [1.165, 1.54) is 35.6 Å². The molecule has 0 radical (unpaired) electrons. The van der Waals surface area contributed by atoms with E-state index in [0.29, 0.717) is 16.9 Å². The number of carbonyl (C=O) groups excluding carboxylic acids is 1. The third-order valence-corrected chi connectivity index (χ3v) is 6.63. The number of sulfonamides is 1. The summed E-state index contributed by atoms with van der Waals surface area (Å²) in [6.45, 7) is 1.98. The summed E-state index contributed by atoms with van der Waals surface area (Å²) in [6.07, 6.45) is 0. The van der Waals surface area contributed by atoms with Crippen LogP contribution >= 0.6 is 0 Å². The number of benzene rings is 3. The van der Waals surface area contributed by atoms with Gasteiger partial charge in [0.25, 0.3) is 15.9 Å². The topological polar surface area (TPSA) is 69.7 Å². The van der Waals surface area contributed by atoms with Gasteiger partial charge in [0, 0.05) is 38.1 Å². The lowest BCUT2D eigenvalue weighted by molar-refractivity contribution is 0.102. The van der Waals surface area contributed by atoms with E-state index in [9.17, 15) is 13.2 Å². The molecule has 0 aromatic heterocycles. The number of aryl methyl sites for hydroxylation is 1. The number of rotatable bonds is 6. The molecule has 156 valence electrons. The quantitative estimate of drug-likeness (QED) is 0.647. The van der Waals surface area contributed by atoms with Crippen molar-refractivity contribution in [2.75, 3.05) is 35.7 Å². The fraction of sp³-hybridized carbons (Fsp3) is 0.174. The predicted octanol–water partition coefficient (Wildman–Crippen LogP) is 4.14. The molecule has 3 aromatic carbocycles. The van der Waals surface area contributed by atoms with Crippen molar-refractivity contribution in [2.24, 2.45) is 0 Å². The molecule has 30 heavy (non-hydrogen) atoms. The Morgan fingerprint density at radius 2 is 1.50 bits per heavy atom. The second-order valence-electron chi connectivity index (χ2n) is 7.18. The fourth-order valence-corrected chi connectivity index (χ4v) is 4.35. The highest BCUT2D eigenvalue weighted by Crippen LogP contribution is 2.24. The summed E-state index contributed by atoms with van der Waals surface area (Å²) >= 11 is 0. The first-order valence-electron chi connectivity index (χ1n) is 9.43. The molecule has 0 saturated carbocycles. The van der Waals surface area contributed by atoms with Crippen LogP contribution in [-0.4, -0.2) is 35.5 Å². The molecule has 0 unspecified atom stereocenters. The second-order valence-corrected chi connectivity index (χ2v) is 9.15. The normalized spacial score (nSPS) is 11.1. The van der Waals surface area contributed by atoms with Gasteiger partial charge in [0.15, 0.2) is 0 Å². The standard InChI is InChI=1S/C23H25N3O3S/c1-17-16-19(12-15-22(17)25(2)3)24-23(27)18-10-13-21(14-11-18)30(28,29)26(4)20-8-6-5-7-9-20/h5-16H,1-4H3,(H,24,27). The second kappa shape index (κ2) is 8.59. The first-order chi connectivity index (χ1) is 14.2. The molecule has 6 nitrogen and oxygen atoms in total. The van der Waals surface area contributed by atoms with Gasteiger partial charge in [-0.05, 0) is 67.1 Å². The van der Waals surface area contributed by atoms with Gasteiger partial charge >= 0.3 is 0 Å². The largest absolute Gasteiger partial charge is 0.377 e. The first-order valence-corrected chi connectivity index (χ1v) is 10.9.